The molecule has 2 N–H and O–H groups in total. The molecule has 0 aliphatic carbocycles. The molecule has 0 amide bonds. The Kier molecular flexibility index (Phi) is 3.09. The molecule has 0 bridgehead atoms. The molecule has 21 heavy (non-hydrogen) atoms. The van der Waals surface area contributed by atoms with Crippen molar-refractivity contribution < 1.29 is 13.2 Å². The Balaban J connectivity index is 2.23. The van der Waals surface area contributed by atoms with Gasteiger partial charge in [-0.3, -0.25) is 9.55 Å². The molecule has 2 aromatic heterocycles. The van der Waals surface area contributed by atoms with Crippen molar-refractivity contribution >= 4 is 5.69 Å². The van der Waals surface area contributed by atoms with E-state index in [0.717, 1.165) is 6.07 Å². The fraction of sp³-hybridized carbons (Fsp3) is 0. The van der Waals surface area contributed by atoms with E-state index in [2.05, 4.69) is 9.97 Å². The van der Waals surface area contributed by atoms with Gasteiger partial charge in [-0.2, -0.15) is 0 Å². The van der Waals surface area contributed by atoms with E-state index >= 15 is 0 Å². The van der Waals surface area contributed by atoms with E-state index in [1.54, 1.807) is 6.07 Å². The van der Waals surface area contributed by atoms with Gasteiger partial charge in [-0.15, -0.1) is 0 Å². The number of benzene rings is 1. The Bertz CT molecular complexity index is 814. The van der Waals surface area contributed by atoms with Crippen LogP contribution in [0.2, 0.25) is 0 Å². The first-order chi connectivity index (χ1) is 10.1. The number of halogens is 3. The minimum Gasteiger partial charge on any atom is -0.398 e. The third-order valence-corrected chi connectivity index (χ3v) is 3.00. The van der Waals surface area contributed by atoms with Gasteiger partial charge in [0.25, 0.3) is 0 Å². The molecule has 0 fully saturated rings. The number of pyridine rings is 1. The second-order valence-corrected chi connectivity index (χ2v) is 4.33. The minimum atomic E-state index is -1.27. The zero-order chi connectivity index (χ0) is 15.0. The summed E-state index contributed by atoms with van der Waals surface area (Å²) in [6, 6.07) is 2.93. The summed E-state index contributed by atoms with van der Waals surface area (Å²) in [6.07, 6.45) is 5.63. The molecule has 2 heterocycles. The third kappa shape index (κ3) is 2.22. The summed E-state index contributed by atoms with van der Waals surface area (Å²) >= 11 is 0. The maximum absolute atomic E-state index is 13.9. The van der Waals surface area contributed by atoms with Crippen LogP contribution in [0.15, 0.2) is 43.1 Å². The van der Waals surface area contributed by atoms with E-state index in [-0.39, 0.29) is 5.69 Å². The van der Waals surface area contributed by atoms with Crippen LogP contribution in [0.5, 0.6) is 0 Å². The normalized spacial score (nSPS) is 10.8. The number of rotatable bonds is 2. The number of hydrogen-bond donors (Lipinski definition) is 1. The first-order valence-corrected chi connectivity index (χ1v) is 5.95. The van der Waals surface area contributed by atoms with E-state index < -0.39 is 17.5 Å². The van der Waals surface area contributed by atoms with E-state index in [1.807, 2.05) is 0 Å². The highest BCUT2D eigenvalue weighted by molar-refractivity contribution is 5.73. The van der Waals surface area contributed by atoms with Crippen molar-refractivity contribution in [1.29, 1.82) is 0 Å². The number of nitrogen functional groups attached to an aromatic ring is 1. The lowest BCUT2D eigenvalue weighted by atomic mass is 10.1. The molecule has 3 aromatic rings. The van der Waals surface area contributed by atoms with Crippen LogP contribution in [0, 0.1) is 17.5 Å². The molecule has 0 saturated heterocycles. The lowest BCUT2D eigenvalue weighted by Gasteiger charge is -2.11. The van der Waals surface area contributed by atoms with Crippen molar-refractivity contribution in [3.8, 4) is 16.9 Å². The fourth-order valence-corrected chi connectivity index (χ4v) is 2.02. The van der Waals surface area contributed by atoms with E-state index in [9.17, 15) is 13.2 Å². The van der Waals surface area contributed by atoms with Gasteiger partial charge < -0.3 is 5.73 Å². The quantitative estimate of drug-likeness (QED) is 0.738. The molecule has 0 spiro atoms. The van der Waals surface area contributed by atoms with Crippen molar-refractivity contribution in [2.24, 2.45) is 0 Å². The fourth-order valence-electron chi connectivity index (χ4n) is 2.02. The number of aromatic nitrogens is 3. The lowest BCUT2D eigenvalue weighted by Crippen LogP contribution is -2.03. The Morgan fingerprint density at radius 1 is 1.05 bits per heavy atom. The lowest BCUT2D eigenvalue weighted by molar-refractivity contribution is 0.490. The monoisotopic (exact) mass is 290 g/mol. The Morgan fingerprint density at radius 3 is 2.62 bits per heavy atom. The summed E-state index contributed by atoms with van der Waals surface area (Å²) in [5.74, 6) is -3.33. The van der Waals surface area contributed by atoms with Gasteiger partial charge in [-0.25, -0.2) is 18.2 Å². The molecule has 0 unspecified atom stereocenters. The van der Waals surface area contributed by atoms with E-state index in [4.69, 9.17) is 5.73 Å². The molecule has 0 radical (unpaired) electrons. The van der Waals surface area contributed by atoms with Gasteiger partial charge in [-0.05, 0) is 6.07 Å². The first kappa shape index (κ1) is 13.2. The smallest absolute Gasteiger partial charge is 0.183 e. The third-order valence-electron chi connectivity index (χ3n) is 3.00. The highest BCUT2D eigenvalue weighted by atomic mass is 19.2. The number of nitrogens with two attached hydrogens (primary N) is 1. The summed E-state index contributed by atoms with van der Waals surface area (Å²) in [7, 11) is 0. The van der Waals surface area contributed by atoms with Gasteiger partial charge in [0.15, 0.2) is 11.6 Å². The average molecular weight is 290 g/mol. The van der Waals surface area contributed by atoms with Crippen LogP contribution in [-0.2, 0) is 0 Å². The Morgan fingerprint density at radius 2 is 1.86 bits per heavy atom. The van der Waals surface area contributed by atoms with Crippen molar-refractivity contribution in [2.45, 2.75) is 0 Å². The van der Waals surface area contributed by atoms with Crippen LogP contribution in [0.1, 0.15) is 0 Å². The average Bonchev–Trinajstić information content (AvgIpc) is 2.92. The molecular weight excluding hydrogens is 281 g/mol. The molecular formula is C14H9F3N4. The number of nitrogens with zero attached hydrogens (tertiary/aromatic N) is 3. The minimum absolute atomic E-state index is 0.289. The second-order valence-electron chi connectivity index (χ2n) is 4.33. The van der Waals surface area contributed by atoms with Crippen LogP contribution in [0.3, 0.4) is 0 Å². The predicted molar refractivity (Wildman–Crippen MR) is 71.1 cm³/mol. The molecule has 7 heteroatoms. The Hall–Kier alpha value is -2.83. The second kappa shape index (κ2) is 4.93. The number of hydrogen-bond acceptors (Lipinski definition) is 3. The van der Waals surface area contributed by atoms with Crippen molar-refractivity contribution in [3.05, 3.63) is 60.6 Å². The van der Waals surface area contributed by atoms with Crippen LogP contribution in [0.25, 0.3) is 16.9 Å². The van der Waals surface area contributed by atoms with Gasteiger partial charge in [0.1, 0.15) is 5.82 Å². The van der Waals surface area contributed by atoms with Crippen LogP contribution in [-0.4, -0.2) is 14.5 Å². The summed E-state index contributed by atoms with van der Waals surface area (Å²) in [4.78, 5) is 7.82. The largest absolute Gasteiger partial charge is 0.398 e. The molecule has 0 aliphatic heterocycles. The van der Waals surface area contributed by atoms with Gasteiger partial charge in [0.2, 0.25) is 0 Å². The predicted octanol–water partition coefficient (Wildman–Crippen LogP) is 2.93. The van der Waals surface area contributed by atoms with Gasteiger partial charge in [-0.1, -0.05) is 0 Å². The van der Waals surface area contributed by atoms with Crippen molar-refractivity contribution in [1.82, 2.24) is 14.5 Å². The topological polar surface area (TPSA) is 56.7 Å². The summed E-state index contributed by atoms with van der Waals surface area (Å²) in [5, 5.41) is 0. The summed E-state index contributed by atoms with van der Waals surface area (Å²) < 4.78 is 41.8. The zero-order valence-electron chi connectivity index (χ0n) is 10.6. The molecule has 4 nitrogen and oxygen atoms in total. The van der Waals surface area contributed by atoms with Gasteiger partial charge >= 0.3 is 0 Å². The van der Waals surface area contributed by atoms with Gasteiger partial charge in [0.05, 0.1) is 23.9 Å². The standard InChI is InChI=1S/C14H9F3N4/c15-8-3-10(16)14(17)12(4-8)21-7-20-6-13(21)9-5-19-2-1-11(9)18/h1-7H,(H2,18,19). The van der Waals surface area contributed by atoms with Crippen LogP contribution >= 0.6 is 0 Å². The molecule has 1 aromatic carbocycles. The molecule has 3 rings (SSSR count). The van der Waals surface area contributed by atoms with E-state index in [1.165, 1.54) is 29.5 Å². The summed E-state index contributed by atoms with van der Waals surface area (Å²) in [5.41, 5.74) is 6.80. The molecule has 106 valence electrons. The van der Waals surface area contributed by atoms with E-state index in [0.29, 0.717) is 23.0 Å². The highest BCUT2D eigenvalue weighted by Crippen LogP contribution is 2.28. The Labute approximate surface area is 117 Å². The van der Waals surface area contributed by atoms with Crippen LogP contribution in [0.4, 0.5) is 18.9 Å². The molecule has 0 atom stereocenters. The van der Waals surface area contributed by atoms with Crippen molar-refractivity contribution in [2.75, 3.05) is 5.73 Å². The maximum Gasteiger partial charge on any atom is 0.183 e. The van der Waals surface area contributed by atoms with Crippen LogP contribution < -0.4 is 5.73 Å². The zero-order valence-corrected chi connectivity index (χ0v) is 10.6. The molecule has 0 saturated carbocycles. The number of imidazole rings is 1. The SMILES string of the molecule is Nc1ccncc1-c1cncn1-c1cc(F)cc(F)c1F. The maximum atomic E-state index is 13.9. The first-order valence-electron chi connectivity index (χ1n) is 5.95. The number of anilines is 1. The summed E-state index contributed by atoms with van der Waals surface area (Å²) in [6.45, 7) is 0. The van der Waals surface area contributed by atoms with Crippen molar-refractivity contribution in [3.63, 3.8) is 0 Å². The molecule has 0 aliphatic rings. The van der Waals surface area contributed by atoms with Gasteiger partial charge in [0, 0.05) is 35.8 Å². The highest BCUT2D eigenvalue weighted by Gasteiger charge is 2.17.